The quantitative estimate of drug-likeness (QED) is 0.873. The van der Waals surface area contributed by atoms with E-state index in [1.54, 1.807) is 19.2 Å². The van der Waals surface area contributed by atoms with Crippen LogP contribution in [0.2, 0.25) is 0 Å². The molecule has 0 saturated heterocycles. The molecule has 3 nitrogen and oxygen atoms in total. The molecule has 0 bridgehead atoms. The Kier molecular flexibility index (Phi) is 3.86. The van der Waals surface area contributed by atoms with Crippen LogP contribution in [0.1, 0.15) is 13.8 Å². The summed E-state index contributed by atoms with van der Waals surface area (Å²) in [7, 11) is 1.55. The molecule has 78 valence electrons. The fraction of sp³-hybridized carbons (Fsp3) is 0.400. The molecule has 14 heavy (non-hydrogen) atoms. The summed E-state index contributed by atoms with van der Waals surface area (Å²) in [6, 6.07) is 3.56. The Morgan fingerprint density at radius 3 is 2.50 bits per heavy atom. The molecule has 1 aromatic carbocycles. The molecule has 0 aliphatic rings. The minimum Gasteiger partial charge on any atom is -0.503 e. The Balaban J connectivity index is 3.14. The SMILES string of the molecule is COc1ccc(I)c(O)c1OC(C)C. The zero-order valence-electron chi connectivity index (χ0n) is 8.37. The van der Waals surface area contributed by atoms with Crippen molar-refractivity contribution in [2.24, 2.45) is 0 Å². The molecule has 0 aromatic heterocycles. The van der Waals surface area contributed by atoms with Gasteiger partial charge in [-0.3, -0.25) is 0 Å². The predicted molar refractivity (Wildman–Crippen MR) is 63.1 cm³/mol. The normalized spacial score (nSPS) is 10.4. The first-order chi connectivity index (χ1) is 6.56. The second kappa shape index (κ2) is 4.72. The van der Waals surface area contributed by atoms with Gasteiger partial charge in [0.25, 0.3) is 0 Å². The summed E-state index contributed by atoms with van der Waals surface area (Å²) in [6.07, 6.45) is 0.00741. The van der Waals surface area contributed by atoms with Crippen LogP contribution in [0.25, 0.3) is 0 Å². The van der Waals surface area contributed by atoms with Gasteiger partial charge in [0.2, 0.25) is 5.75 Å². The highest BCUT2D eigenvalue weighted by Gasteiger charge is 2.14. The van der Waals surface area contributed by atoms with Crippen LogP contribution in [-0.4, -0.2) is 18.3 Å². The third-order valence-electron chi connectivity index (χ3n) is 1.62. The maximum atomic E-state index is 9.75. The molecule has 0 atom stereocenters. The Hall–Kier alpha value is -0.650. The van der Waals surface area contributed by atoms with E-state index in [1.807, 2.05) is 36.4 Å². The van der Waals surface area contributed by atoms with E-state index in [4.69, 9.17) is 9.47 Å². The van der Waals surface area contributed by atoms with Crippen molar-refractivity contribution in [2.45, 2.75) is 20.0 Å². The summed E-state index contributed by atoms with van der Waals surface area (Å²) in [5.74, 6) is 1.10. The van der Waals surface area contributed by atoms with Gasteiger partial charge in [0, 0.05) is 0 Å². The van der Waals surface area contributed by atoms with Crippen LogP contribution in [-0.2, 0) is 0 Å². The van der Waals surface area contributed by atoms with Crippen LogP contribution in [0.3, 0.4) is 0 Å². The van der Waals surface area contributed by atoms with Gasteiger partial charge in [0.1, 0.15) is 0 Å². The number of ether oxygens (including phenoxy) is 2. The lowest BCUT2D eigenvalue weighted by Gasteiger charge is -2.15. The van der Waals surface area contributed by atoms with Gasteiger partial charge in [-0.1, -0.05) is 0 Å². The van der Waals surface area contributed by atoms with Gasteiger partial charge in [-0.05, 0) is 48.6 Å². The van der Waals surface area contributed by atoms with Crippen LogP contribution in [0.4, 0.5) is 0 Å². The third-order valence-corrected chi connectivity index (χ3v) is 2.49. The monoisotopic (exact) mass is 308 g/mol. The number of phenols is 1. The average Bonchev–Trinajstić information content (AvgIpc) is 2.13. The molecule has 0 aliphatic carbocycles. The van der Waals surface area contributed by atoms with Crippen molar-refractivity contribution in [3.05, 3.63) is 15.7 Å². The minimum absolute atomic E-state index is 0.00741. The molecule has 0 spiro atoms. The van der Waals surface area contributed by atoms with Crippen molar-refractivity contribution in [1.29, 1.82) is 0 Å². The molecule has 0 radical (unpaired) electrons. The second-order valence-electron chi connectivity index (χ2n) is 3.09. The zero-order chi connectivity index (χ0) is 10.7. The van der Waals surface area contributed by atoms with E-state index < -0.39 is 0 Å². The van der Waals surface area contributed by atoms with Crippen LogP contribution in [0, 0.1) is 3.57 Å². The van der Waals surface area contributed by atoms with Gasteiger partial charge < -0.3 is 14.6 Å². The van der Waals surface area contributed by atoms with Crippen molar-refractivity contribution >= 4 is 22.6 Å². The van der Waals surface area contributed by atoms with Crippen LogP contribution in [0.5, 0.6) is 17.2 Å². The Labute approximate surface area is 97.2 Å². The van der Waals surface area contributed by atoms with Gasteiger partial charge in [-0.15, -0.1) is 0 Å². The summed E-state index contributed by atoms with van der Waals surface area (Å²) in [5.41, 5.74) is 0. The van der Waals surface area contributed by atoms with Crippen LogP contribution < -0.4 is 9.47 Å². The summed E-state index contributed by atoms with van der Waals surface area (Å²) in [5, 5.41) is 9.75. The lowest BCUT2D eigenvalue weighted by Crippen LogP contribution is -2.07. The topological polar surface area (TPSA) is 38.7 Å². The molecular formula is C10H13IO3. The Morgan fingerprint density at radius 1 is 1.36 bits per heavy atom. The van der Waals surface area contributed by atoms with Gasteiger partial charge in [0.15, 0.2) is 11.5 Å². The van der Waals surface area contributed by atoms with Crippen molar-refractivity contribution in [1.82, 2.24) is 0 Å². The number of methoxy groups -OCH3 is 1. The predicted octanol–water partition coefficient (Wildman–Crippen LogP) is 2.79. The highest BCUT2D eigenvalue weighted by Crippen LogP contribution is 2.40. The van der Waals surface area contributed by atoms with Crippen molar-refractivity contribution < 1.29 is 14.6 Å². The van der Waals surface area contributed by atoms with Crippen molar-refractivity contribution in [3.8, 4) is 17.2 Å². The average molecular weight is 308 g/mol. The third kappa shape index (κ3) is 2.43. The first-order valence-electron chi connectivity index (χ1n) is 4.28. The molecule has 0 aliphatic heterocycles. The molecule has 0 unspecified atom stereocenters. The smallest absolute Gasteiger partial charge is 0.204 e. The molecule has 4 heteroatoms. The van der Waals surface area contributed by atoms with Gasteiger partial charge in [0.05, 0.1) is 16.8 Å². The maximum absolute atomic E-state index is 9.75. The van der Waals surface area contributed by atoms with Gasteiger partial charge in [-0.2, -0.15) is 0 Å². The molecular weight excluding hydrogens is 295 g/mol. The number of benzene rings is 1. The van der Waals surface area contributed by atoms with Crippen LogP contribution in [0.15, 0.2) is 12.1 Å². The first kappa shape index (κ1) is 11.4. The van der Waals surface area contributed by atoms with Gasteiger partial charge in [-0.25, -0.2) is 0 Å². The number of aromatic hydroxyl groups is 1. The van der Waals surface area contributed by atoms with E-state index >= 15 is 0 Å². The Bertz CT molecular complexity index is 323. The van der Waals surface area contributed by atoms with Crippen molar-refractivity contribution in [3.63, 3.8) is 0 Å². The highest BCUT2D eigenvalue weighted by molar-refractivity contribution is 14.1. The zero-order valence-corrected chi connectivity index (χ0v) is 10.5. The molecule has 0 heterocycles. The molecule has 1 N–H and O–H groups in total. The number of rotatable bonds is 3. The fourth-order valence-corrected chi connectivity index (χ4v) is 1.46. The number of hydrogen-bond donors (Lipinski definition) is 1. The number of phenolic OH excluding ortho intramolecular Hbond substituents is 1. The fourth-order valence-electron chi connectivity index (χ4n) is 1.04. The van der Waals surface area contributed by atoms with E-state index in [1.165, 1.54) is 0 Å². The largest absolute Gasteiger partial charge is 0.503 e. The molecule has 0 fully saturated rings. The summed E-state index contributed by atoms with van der Waals surface area (Å²) >= 11 is 2.04. The van der Waals surface area contributed by atoms with E-state index in [2.05, 4.69) is 0 Å². The standard InChI is InChI=1S/C10H13IO3/c1-6(2)14-10-8(13-3)5-4-7(11)9(10)12/h4-6,12H,1-3H3. The maximum Gasteiger partial charge on any atom is 0.204 e. The second-order valence-corrected chi connectivity index (χ2v) is 4.26. The minimum atomic E-state index is 0.00741. The highest BCUT2D eigenvalue weighted by atomic mass is 127. The lowest BCUT2D eigenvalue weighted by molar-refractivity contribution is 0.219. The molecule has 0 saturated carbocycles. The molecule has 1 rings (SSSR count). The van der Waals surface area contributed by atoms with Crippen LogP contribution >= 0.6 is 22.6 Å². The van der Waals surface area contributed by atoms with E-state index in [0.717, 1.165) is 3.57 Å². The van der Waals surface area contributed by atoms with E-state index in [0.29, 0.717) is 11.5 Å². The lowest BCUT2D eigenvalue weighted by atomic mass is 10.3. The van der Waals surface area contributed by atoms with E-state index in [-0.39, 0.29) is 11.9 Å². The van der Waals surface area contributed by atoms with Gasteiger partial charge >= 0.3 is 0 Å². The van der Waals surface area contributed by atoms with Crippen molar-refractivity contribution in [2.75, 3.05) is 7.11 Å². The number of hydrogen-bond acceptors (Lipinski definition) is 3. The summed E-state index contributed by atoms with van der Waals surface area (Å²) in [4.78, 5) is 0. The van der Waals surface area contributed by atoms with E-state index in [9.17, 15) is 5.11 Å². The first-order valence-corrected chi connectivity index (χ1v) is 5.36. The Morgan fingerprint density at radius 2 is 2.00 bits per heavy atom. The number of halogens is 1. The molecule has 0 amide bonds. The summed E-state index contributed by atoms with van der Waals surface area (Å²) in [6.45, 7) is 3.80. The molecule has 1 aromatic rings. The summed E-state index contributed by atoms with van der Waals surface area (Å²) < 4.78 is 11.3.